The Hall–Kier alpha value is -1.75. The van der Waals surface area contributed by atoms with Gasteiger partial charge in [-0.3, -0.25) is 4.79 Å². The Morgan fingerprint density at radius 2 is 2.17 bits per heavy atom. The van der Waals surface area contributed by atoms with Gasteiger partial charge >= 0.3 is 0 Å². The van der Waals surface area contributed by atoms with Gasteiger partial charge in [0.05, 0.1) is 12.1 Å². The van der Waals surface area contributed by atoms with Crippen molar-refractivity contribution in [1.29, 1.82) is 0 Å². The first-order chi connectivity index (χ1) is 8.45. The molecule has 2 unspecified atom stereocenters. The normalized spacial score (nSPS) is 13.8. The molecular formula is C13H16F2N2O. The molecule has 2 atom stereocenters. The number of nitrogens with one attached hydrogen (secondary N) is 1. The third-order valence-corrected chi connectivity index (χ3v) is 2.56. The van der Waals surface area contributed by atoms with Gasteiger partial charge in [0.25, 0.3) is 0 Å². The molecule has 0 saturated heterocycles. The minimum Gasteiger partial charge on any atom is -0.348 e. The maximum atomic E-state index is 13.0. The molecule has 3 N–H and O–H groups in total. The average Bonchev–Trinajstić information content (AvgIpc) is 2.32. The maximum Gasteiger partial charge on any atom is 0.237 e. The number of carbonyl (C=O) groups is 1. The number of hydrogen-bond acceptors (Lipinski definition) is 2. The standard InChI is InChI=1S/C13H16F2N2O/c1-3-4-12(16)13(18)17-8(2)9-5-6-10(14)11(15)7-9/h3,5-8,12H,1,4,16H2,2H3,(H,17,18). The molecular weight excluding hydrogens is 238 g/mol. The maximum absolute atomic E-state index is 13.0. The summed E-state index contributed by atoms with van der Waals surface area (Å²) in [6.45, 7) is 5.16. The summed E-state index contributed by atoms with van der Waals surface area (Å²) in [5.41, 5.74) is 6.07. The SMILES string of the molecule is C=CCC(N)C(=O)NC(C)c1ccc(F)c(F)c1. The van der Waals surface area contributed by atoms with Crippen LogP contribution >= 0.6 is 0 Å². The van der Waals surface area contributed by atoms with Gasteiger partial charge in [0, 0.05) is 0 Å². The van der Waals surface area contributed by atoms with Crippen molar-refractivity contribution in [3.05, 3.63) is 48.1 Å². The fourth-order valence-electron chi connectivity index (χ4n) is 1.47. The first kappa shape index (κ1) is 14.3. The Labute approximate surface area is 105 Å². The molecule has 0 radical (unpaired) electrons. The summed E-state index contributed by atoms with van der Waals surface area (Å²) < 4.78 is 25.8. The number of rotatable bonds is 5. The van der Waals surface area contributed by atoms with Crippen molar-refractivity contribution in [3.8, 4) is 0 Å². The fraction of sp³-hybridized carbons (Fsp3) is 0.308. The fourth-order valence-corrected chi connectivity index (χ4v) is 1.47. The van der Waals surface area contributed by atoms with Gasteiger partial charge in [-0.25, -0.2) is 8.78 Å². The van der Waals surface area contributed by atoms with Crippen LogP contribution in [-0.2, 0) is 4.79 Å². The quantitative estimate of drug-likeness (QED) is 0.790. The van der Waals surface area contributed by atoms with Gasteiger partial charge in [-0.15, -0.1) is 6.58 Å². The number of halogens is 2. The summed E-state index contributed by atoms with van der Waals surface area (Å²) in [7, 11) is 0. The van der Waals surface area contributed by atoms with Crippen molar-refractivity contribution in [2.24, 2.45) is 5.73 Å². The summed E-state index contributed by atoms with van der Waals surface area (Å²) in [6, 6.07) is 2.37. The van der Waals surface area contributed by atoms with Gasteiger partial charge < -0.3 is 11.1 Å². The van der Waals surface area contributed by atoms with Gasteiger partial charge in [-0.05, 0) is 31.0 Å². The van der Waals surface area contributed by atoms with Gasteiger partial charge in [0.2, 0.25) is 5.91 Å². The molecule has 0 aromatic heterocycles. The van der Waals surface area contributed by atoms with Gasteiger partial charge in [-0.2, -0.15) is 0 Å². The Bertz CT molecular complexity index is 449. The summed E-state index contributed by atoms with van der Waals surface area (Å²) in [6.07, 6.45) is 1.91. The molecule has 98 valence electrons. The third kappa shape index (κ3) is 3.63. The molecule has 3 nitrogen and oxygen atoms in total. The molecule has 0 spiro atoms. The van der Waals surface area contributed by atoms with E-state index in [-0.39, 0.29) is 5.91 Å². The Morgan fingerprint density at radius 1 is 1.50 bits per heavy atom. The van der Waals surface area contributed by atoms with E-state index in [2.05, 4.69) is 11.9 Å². The van der Waals surface area contributed by atoms with Crippen LogP contribution in [-0.4, -0.2) is 11.9 Å². The van der Waals surface area contributed by atoms with E-state index in [4.69, 9.17) is 5.73 Å². The highest BCUT2D eigenvalue weighted by atomic mass is 19.2. The Balaban J connectivity index is 2.70. The van der Waals surface area contributed by atoms with Gasteiger partial charge in [-0.1, -0.05) is 12.1 Å². The number of nitrogens with two attached hydrogens (primary N) is 1. The number of amides is 1. The van der Waals surface area contributed by atoms with Crippen molar-refractivity contribution in [2.75, 3.05) is 0 Å². The van der Waals surface area contributed by atoms with E-state index in [1.165, 1.54) is 6.07 Å². The molecule has 0 bridgehead atoms. The predicted octanol–water partition coefficient (Wildman–Crippen LogP) is 2.05. The molecule has 1 rings (SSSR count). The minimum absolute atomic E-state index is 0.355. The average molecular weight is 254 g/mol. The van der Waals surface area contributed by atoms with E-state index in [0.717, 1.165) is 12.1 Å². The molecule has 0 saturated carbocycles. The topological polar surface area (TPSA) is 55.1 Å². The largest absolute Gasteiger partial charge is 0.348 e. The van der Waals surface area contributed by atoms with Crippen LogP contribution in [0.4, 0.5) is 8.78 Å². The van der Waals surface area contributed by atoms with E-state index in [0.29, 0.717) is 12.0 Å². The van der Waals surface area contributed by atoms with Crippen molar-refractivity contribution in [3.63, 3.8) is 0 Å². The van der Waals surface area contributed by atoms with E-state index in [9.17, 15) is 13.6 Å². The molecule has 0 fully saturated rings. The summed E-state index contributed by atoms with van der Waals surface area (Å²) in [5.74, 6) is -2.21. The van der Waals surface area contributed by atoms with Crippen LogP contribution in [0.3, 0.4) is 0 Å². The van der Waals surface area contributed by atoms with Crippen molar-refractivity contribution < 1.29 is 13.6 Å². The van der Waals surface area contributed by atoms with Gasteiger partial charge in [0.15, 0.2) is 11.6 Å². The van der Waals surface area contributed by atoms with E-state index in [1.54, 1.807) is 13.0 Å². The zero-order valence-corrected chi connectivity index (χ0v) is 10.1. The second-order valence-electron chi connectivity index (χ2n) is 4.03. The Morgan fingerprint density at radius 3 is 2.72 bits per heavy atom. The van der Waals surface area contributed by atoms with Crippen molar-refractivity contribution in [1.82, 2.24) is 5.32 Å². The third-order valence-electron chi connectivity index (χ3n) is 2.56. The lowest BCUT2D eigenvalue weighted by Gasteiger charge is -2.17. The Kier molecular flexibility index (Phi) is 4.97. The number of hydrogen-bond donors (Lipinski definition) is 2. The van der Waals surface area contributed by atoms with Crippen LogP contribution in [0.2, 0.25) is 0 Å². The monoisotopic (exact) mass is 254 g/mol. The first-order valence-corrected chi connectivity index (χ1v) is 5.57. The van der Waals surface area contributed by atoms with E-state index < -0.39 is 23.7 Å². The van der Waals surface area contributed by atoms with E-state index in [1.807, 2.05) is 0 Å². The molecule has 0 aliphatic rings. The minimum atomic E-state index is -0.941. The van der Waals surface area contributed by atoms with Crippen molar-refractivity contribution in [2.45, 2.75) is 25.4 Å². The van der Waals surface area contributed by atoms with Crippen LogP contribution in [0.5, 0.6) is 0 Å². The van der Waals surface area contributed by atoms with Crippen LogP contribution < -0.4 is 11.1 Å². The molecule has 1 aromatic carbocycles. The van der Waals surface area contributed by atoms with Crippen LogP contribution in [0.15, 0.2) is 30.9 Å². The molecule has 1 amide bonds. The second-order valence-corrected chi connectivity index (χ2v) is 4.03. The van der Waals surface area contributed by atoms with Gasteiger partial charge in [0.1, 0.15) is 0 Å². The lowest BCUT2D eigenvalue weighted by Crippen LogP contribution is -2.41. The molecule has 0 heterocycles. The number of benzene rings is 1. The summed E-state index contributed by atoms with van der Waals surface area (Å²) in [4.78, 5) is 11.6. The lowest BCUT2D eigenvalue weighted by molar-refractivity contribution is -0.122. The summed E-state index contributed by atoms with van der Waals surface area (Å²) >= 11 is 0. The second kappa shape index (κ2) is 6.26. The highest BCUT2D eigenvalue weighted by Crippen LogP contribution is 2.16. The van der Waals surface area contributed by atoms with Crippen LogP contribution in [0, 0.1) is 11.6 Å². The van der Waals surface area contributed by atoms with E-state index >= 15 is 0 Å². The highest BCUT2D eigenvalue weighted by Gasteiger charge is 2.16. The molecule has 1 aromatic rings. The van der Waals surface area contributed by atoms with Crippen LogP contribution in [0.25, 0.3) is 0 Å². The predicted molar refractivity (Wildman–Crippen MR) is 65.7 cm³/mol. The lowest BCUT2D eigenvalue weighted by atomic mass is 10.1. The molecule has 0 aliphatic heterocycles. The summed E-state index contributed by atoms with van der Waals surface area (Å²) in [5, 5.41) is 2.63. The smallest absolute Gasteiger partial charge is 0.237 e. The molecule has 18 heavy (non-hydrogen) atoms. The molecule has 5 heteroatoms. The zero-order valence-electron chi connectivity index (χ0n) is 10.1. The highest BCUT2D eigenvalue weighted by molar-refractivity contribution is 5.82. The first-order valence-electron chi connectivity index (χ1n) is 5.57. The number of carbonyl (C=O) groups excluding carboxylic acids is 1. The molecule has 0 aliphatic carbocycles. The van der Waals surface area contributed by atoms with Crippen LogP contribution in [0.1, 0.15) is 24.9 Å². The zero-order chi connectivity index (χ0) is 13.7. The van der Waals surface area contributed by atoms with Crippen molar-refractivity contribution >= 4 is 5.91 Å².